The van der Waals surface area contributed by atoms with Gasteiger partial charge in [-0.2, -0.15) is 0 Å². The fourth-order valence-corrected chi connectivity index (χ4v) is 5.25. The molecule has 1 heterocycles. The van der Waals surface area contributed by atoms with E-state index in [9.17, 15) is 13.6 Å². The second kappa shape index (κ2) is 9.37. The molecule has 30 heavy (non-hydrogen) atoms. The molecule has 0 aliphatic carbocycles. The van der Waals surface area contributed by atoms with Crippen molar-refractivity contribution in [2.24, 2.45) is 0 Å². The van der Waals surface area contributed by atoms with Crippen LogP contribution in [0.15, 0.2) is 42.5 Å². The molecule has 3 rings (SSSR count). The third kappa shape index (κ3) is 5.33. The van der Waals surface area contributed by atoms with Crippen LogP contribution < -0.4 is 10.5 Å². The van der Waals surface area contributed by atoms with Crippen molar-refractivity contribution >= 4 is 24.9 Å². The summed E-state index contributed by atoms with van der Waals surface area (Å²) >= 11 is 0. The maximum Gasteiger partial charge on any atom is 0.246 e. The zero-order chi connectivity index (χ0) is 21.9. The van der Waals surface area contributed by atoms with Gasteiger partial charge in [-0.15, -0.1) is 0 Å². The molecule has 2 atom stereocenters. The Hall–Kier alpha value is -2.09. The summed E-state index contributed by atoms with van der Waals surface area (Å²) in [5, 5.41) is 3.57. The smallest absolute Gasteiger partial charge is 0.246 e. The molecule has 4 nitrogen and oxygen atoms in total. The van der Waals surface area contributed by atoms with Gasteiger partial charge in [0.1, 0.15) is 18.0 Å². The van der Waals surface area contributed by atoms with Gasteiger partial charge in [-0.1, -0.05) is 50.0 Å². The van der Waals surface area contributed by atoms with E-state index in [2.05, 4.69) is 25.0 Å². The van der Waals surface area contributed by atoms with E-state index in [1.807, 2.05) is 29.2 Å². The van der Waals surface area contributed by atoms with Crippen LogP contribution in [-0.4, -0.2) is 45.3 Å². The van der Waals surface area contributed by atoms with Gasteiger partial charge in [-0.05, 0) is 34.9 Å². The number of nitrogens with one attached hydrogen (secondary N) is 1. The Bertz CT molecular complexity index is 884. The van der Waals surface area contributed by atoms with E-state index in [1.165, 1.54) is 6.07 Å². The molecule has 1 fully saturated rings. The zero-order valence-corrected chi connectivity index (χ0v) is 19.0. The molecule has 0 spiro atoms. The third-order valence-corrected chi connectivity index (χ3v) is 7.45. The Morgan fingerprint density at radius 3 is 2.47 bits per heavy atom. The van der Waals surface area contributed by atoms with E-state index in [0.717, 1.165) is 16.3 Å². The topological polar surface area (TPSA) is 41.6 Å². The number of alkyl halides is 1. The lowest BCUT2D eigenvalue weighted by atomic mass is 10.0. The number of hydrogen-bond acceptors (Lipinski definition) is 3. The summed E-state index contributed by atoms with van der Waals surface area (Å²) in [5.74, 6) is -0.582. The Morgan fingerprint density at radius 1 is 1.23 bits per heavy atom. The largest absolute Gasteiger partial charge is 0.380 e. The summed E-state index contributed by atoms with van der Waals surface area (Å²) in [6, 6.07) is 11.8. The number of amides is 1. The molecule has 1 aliphatic rings. The molecule has 1 amide bonds. The zero-order valence-electron chi connectivity index (χ0n) is 18.0. The van der Waals surface area contributed by atoms with Crippen LogP contribution in [0.5, 0.6) is 0 Å². The van der Waals surface area contributed by atoms with E-state index in [4.69, 9.17) is 4.74 Å². The van der Waals surface area contributed by atoms with Gasteiger partial charge in [-0.3, -0.25) is 9.69 Å². The highest BCUT2D eigenvalue weighted by molar-refractivity contribution is 6.88. The van der Waals surface area contributed by atoms with E-state index in [0.29, 0.717) is 25.3 Å². The normalized spacial score (nSPS) is 18.4. The van der Waals surface area contributed by atoms with Crippen molar-refractivity contribution in [3.63, 3.8) is 0 Å². The molecule has 7 heteroatoms. The first-order valence-electron chi connectivity index (χ1n) is 10.3. The quantitative estimate of drug-likeness (QED) is 0.666. The number of carbonyl (C=O) groups excluding carboxylic acids is 1. The summed E-state index contributed by atoms with van der Waals surface area (Å²) in [5.41, 5.74) is 2.19. The van der Waals surface area contributed by atoms with Crippen LogP contribution in [0.1, 0.15) is 23.6 Å². The SMILES string of the molecule is COCc1ccc([C@H](C(=O)Nc2ccc([Si](C)(C)C)c(F)c2)N2CC[C@@H](F)C2)cc1. The van der Waals surface area contributed by atoms with Gasteiger partial charge in [0.25, 0.3) is 0 Å². The lowest BCUT2D eigenvalue weighted by Crippen LogP contribution is -2.40. The average molecular weight is 433 g/mol. The summed E-state index contributed by atoms with van der Waals surface area (Å²) in [6.07, 6.45) is -0.535. The van der Waals surface area contributed by atoms with Gasteiger partial charge in [0.05, 0.1) is 14.7 Å². The second-order valence-corrected chi connectivity index (χ2v) is 13.9. The van der Waals surface area contributed by atoms with E-state index in [1.54, 1.807) is 19.2 Å². The highest BCUT2D eigenvalue weighted by Gasteiger charge is 2.34. The molecular formula is C23H30F2N2O2Si. The number of anilines is 1. The molecule has 162 valence electrons. The lowest BCUT2D eigenvalue weighted by Gasteiger charge is -2.27. The van der Waals surface area contributed by atoms with Gasteiger partial charge >= 0.3 is 0 Å². The van der Waals surface area contributed by atoms with Gasteiger partial charge in [0, 0.05) is 25.9 Å². The summed E-state index contributed by atoms with van der Waals surface area (Å²) in [6.45, 7) is 7.42. The Balaban J connectivity index is 1.84. The second-order valence-electron chi connectivity index (χ2n) is 8.89. The fraction of sp³-hybridized carbons (Fsp3) is 0.435. The maximum absolute atomic E-state index is 14.6. The summed E-state index contributed by atoms with van der Waals surface area (Å²) in [7, 11) is -0.177. The molecule has 2 aromatic rings. The van der Waals surface area contributed by atoms with Crippen molar-refractivity contribution in [2.45, 2.75) is 44.9 Å². The van der Waals surface area contributed by atoms with Crippen LogP contribution in [0.2, 0.25) is 19.6 Å². The van der Waals surface area contributed by atoms with Crippen molar-refractivity contribution in [3.05, 3.63) is 59.4 Å². The van der Waals surface area contributed by atoms with Crippen LogP contribution in [0.4, 0.5) is 14.5 Å². The van der Waals surface area contributed by atoms with E-state index >= 15 is 0 Å². The molecule has 0 radical (unpaired) electrons. The monoisotopic (exact) mass is 432 g/mol. The molecule has 1 saturated heterocycles. The van der Waals surface area contributed by atoms with Crippen molar-refractivity contribution in [3.8, 4) is 0 Å². The number of methoxy groups -OCH3 is 1. The van der Waals surface area contributed by atoms with Crippen LogP contribution in [0.3, 0.4) is 0 Å². The highest BCUT2D eigenvalue weighted by Crippen LogP contribution is 2.28. The minimum absolute atomic E-state index is 0.209. The van der Waals surface area contributed by atoms with Crippen LogP contribution in [-0.2, 0) is 16.1 Å². The van der Waals surface area contributed by atoms with Crippen molar-refractivity contribution in [1.82, 2.24) is 4.90 Å². The molecule has 1 aliphatic heterocycles. The molecule has 1 N–H and O–H groups in total. The molecule has 0 unspecified atom stereocenters. The predicted octanol–water partition coefficient (Wildman–Crippen LogP) is 4.24. The Labute approximate surface area is 178 Å². The Morgan fingerprint density at radius 2 is 1.93 bits per heavy atom. The molecule has 0 bridgehead atoms. The van der Waals surface area contributed by atoms with Crippen LogP contribution in [0.25, 0.3) is 0 Å². The summed E-state index contributed by atoms with van der Waals surface area (Å²) in [4.78, 5) is 15.0. The number of likely N-dealkylation sites (tertiary alicyclic amines) is 1. The Kier molecular flexibility index (Phi) is 7.05. The van der Waals surface area contributed by atoms with E-state index < -0.39 is 20.3 Å². The molecule has 0 saturated carbocycles. The fourth-order valence-electron chi connectivity index (χ4n) is 3.88. The van der Waals surface area contributed by atoms with Crippen molar-refractivity contribution in [2.75, 3.05) is 25.5 Å². The first kappa shape index (κ1) is 22.6. The summed E-state index contributed by atoms with van der Waals surface area (Å²) < 4.78 is 33.6. The number of ether oxygens (including phenoxy) is 1. The van der Waals surface area contributed by atoms with E-state index in [-0.39, 0.29) is 18.3 Å². The number of benzene rings is 2. The number of nitrogens with zero attached hydrogens (tertiary/aromatic N) is 1. The van der Waals surface area contributed by atoms with Crippen molar-refractivity contribution in [1.29, 1.82) is 0 Å². The number of halogens is 2. The minimum atomic E-state index is -1.80. The van der Waals surface area contributed by atoms with Crippen LogP contribution >= 0.6 is 0 Å². The van der Waals surface area contributed by atoms with Gasteiger partial charge in [-0.25, -0.2) is 8.78 Å². The van der Waals surface area contributed by atoms with Crippen molar-refractivity contribution < 1.29 is 18.3 Å². The van der Waals surface area contributed by atoms with Crippen LogP contribution in [0, 0.1) is 5.82 Å². The first-order valence-corrected chi connectivity index (χ1v) is 13.8. The lowest BCUT2D eigenvalue weighted by molar-refractivity contribution is -0.121. The minimum Gasteiger partial charge on any atom is -0.380 e. The third-order valence-electron chi connectivity index (χ3n) is 5.43. The molecule has 0 aromatic heterocycles. The van der Waals surface area contributed by atoms with Gasteiger partial charge in [0.2, 0.25) is 5.91 Å². The standard InChI is InChI=1S/C23H30F2N2O2Si/c1-29-15-16-5-7-17(8-6-16)22(27-12-11-18(24)14-27)23(28)26-19-9-10-21(20(25)13-19)30(2,3)4/h5-10,13,18,22H,11-12,14-15H2,1-4H3,(H,26,28)/t18-,22-/m1/s1. The number of hydrogen-bond donors (Lipinski definition) is 1. The highest BCUT2D eigenvalue weighted by atomic mass is 28.3. The molecule has 2 aromatic carbocycles. The predicted molar refractivity (Wildman–Crippen MR) is 119 cm³/mol. The first-order chi connectivity index (χ1) is 14.2. The average Bonchev–Trinajstić information content (AvgIpc) is 3.08. The molecular weight excluding hydrogens is 402 g/mol. The van der Waals surface area contributed by atoms with Gasteiger partial charge in [0.15, 0.2) is 0 Å². The number of rotatable bonds is 7. The maximum atomic E-state index is 14.6. The van der Waals surface area contributed by atoms with Gasteiger partial charge < -0.3 is 10.1 Å². The number of carbonyl (C=O) groups is 1.